The summed E-state index contributed by atoms with van der Waals surface area (Å²) in [6.07, 6.45) is 0.973. The lowest BCUT2D eigenvalue weighted by Gasteiger charge is -2.12. The van der Waals surface area contributed by atoms with E-state index in [4.69, 9.17) is 9.90 Å². The molecular weight excluding hydrogens is 386 g/mol. The first-order chi connectivity index (χ1) is 13.3. The SMILES string of the molecule is Cc1nc(C)n(CCCNC(=O)C2CC(=O)N(c3nnc(C)s3)C2)n1.O=CO. The van der Waals surface area contributed by atoms with Crippen molar-refractivity contribution in [3.05, 3.63) is 16.7 Å². The fraction of sp³-hybridized carbons (Fsp3) is 0.562. The summed E-state index contributed by atoms with van der Waals surface area (Å²) in [5, 5.41) is 23.4. The maximum atomic E-state index is 12.3. The summed E-state index contributed by atoms with van der Waals surface area (Å²) in [6, 6.07) is 0. The van der Waals surface area contributed by atoms with Crippen molar-refractivity contribution in [3.8, 4) is 0 Å². The molecule has 11 nitrogen and oxygen atoms in total. The van der Waals surface area contributed by atoms with Gasteiger partial charge in [-0.25, -0.2) is 4.98 Å². The van der Waals surface area contributed by atoms with Gasteiger partial charge >= 0.3 is 0 Å². The molecule has 0 radical (unpaired) electrons. The molecule has 3 heterocycles. The van der Waals surface area contributed by atoms with Gasteiger partial charge in [0, 0.05) is 26.1 Å². The van der Waals surface area contributed by atoms with Crippen molar-refractivity contribution in [2.45, 2.75) is 40.2 Å². The van der Waals surface area contributed by atoms with Crippen molar-refractivity contribution in [1.29, 1.82) is 0 Å². The van der Waals surface area contributed by atoms with Crippen LogP contribution in [-0.2, 0) is 20.9 Å². The molecule has 0 spiro atoms. The zero-order valence-corrected chi connectivity index (χ0v) is 16.8. The van der Waals surface area contributed by atoms with Gasteiger partial charge in [-0.05, 0) is 27.2 Å². The van der Waals surface area contributed by atoms with E-state index < -0.39 is 0 Å². The van der Waals surface area contributed by atoms with Crippen LogP contribution < -0.4 is 10.2 Å². The molecule has 1 aliphatic heterocycles. The Labute approximate surface area is 165 Å². The molecule has 1 fully saturated rings. The van der Waals surface area contributed by atoms with Gasteiger partial charge in [-0.15, -0.1) is 10.2 Å². The molecule has 1 atom stereocenters. The zero-order valence-electron chi connectivity index (χ0n) is 16.0. The van der Waals surface area contributed by atoms with Gasteiger partial charge in [0.15, 0.2) is 0 Å². The normalized spacial score (nSPS) is 15.9. The Bertz CT molecular complexity index is 835. The average molecular weight is 409 g/mol. The highest BCUT2D eigenvalue weighted by atomic mass is 32.1. The predicted octanol–water partition coefficient (Wildman–Crippen LogP) is 0.315. The summed E-state index contributed by atoms with van der Waals surface area (Å²) in [4.78, 5) is 38.6. The number of aromatic nitrogens is 5. The number of hydrogen-bond donors (Lipinski definition) is 2. The number of nitrogens with zero attached hydrogens (tertiary/aromatic N) is 6. The quantitative estimate of drug-likeness (QED) is 0.513. The molecule has 3 rings (SSSR count). The van der Waals surface area contributed by atoms with E-state index in [0.717, 1.165) is 23.1 Å². The molecule has 1 saturated heterocycles. The van der Waals surface area contributed by atoms with Crippen molar-refractivity contribution in [1.82, 2.24) is 30.3 Å². The topological polar surface area (TPSA) is 143 Å². The summed E-state index contributed by atoms with van der Waals surface area (Å²) < 4.78 is 1.83. The first-order valence-electron chi connectivity index (χ1n) is 8.69. The number of carbonyl (C=O) groups excluding carboxylic acids is 2. The van der Waals surface area contributed by atoms with E-state index in [1.54, 1.807) is 4.90 Å². The number of nitrogens with one attached hydrogen (secondary N) is 1. The Morgan fingerprint density at radius 3 is 2.64 bits per heavy atom. The van der Waals surface area contributed by atoms with Crippen LogP contribution in [0.5, 0.6) is 0 Å². The fourth-order valence-electron chi connectivity index (χ4n) is 2.82. The molecule has 2 aromatic heterocycles. The van der Waals surface area contributed by atoms with E-state index in [1.807, 2.05) is 25.5 Å². The summed E-state index contributed by atoms with van der Waals surface area (Å²) in [6.45, 7) is 6.96. The number of carbonyl (C=O) groups is 3. The van der Waals surface area contributed by atoms with Crippen molar-refractivity contribution >= 4 is 34.8 Å². The number of anilines is 1. The summed E-state index contributed by atoms with van der Waals surface area (Å²) in [5.41, 5.74) is 0. The molecule has 1 unspecified atom stereocenters. The second-order valence-corrected chi connectivity index (χ2v) is 7.35. The van der Waals surface area contributed by atoms with Crippen molar-refractivity contribution < 1.29 is 19.5 Å². The standard InChI is InChI=1S/C15H21N7O2S.CH2O2/c1-9-17-10(2)22(20-9)6-4-5-16-14(24)12-7-13(23)21(8-12)15-19-18-11(3)25-15;2-1-3/h12H,4-8H2,1-3H3,(H,16,24);1H,(H,2,3). The van der Waals surface area contributed by atoms with Crippen LogP contribution in [0.1, 0.15) is 29.5 Å². The molecular formula is C16H23N7O4S. The number of carboxylic acid groups (broad SMARTS) is 1. The minimum Gasteiger partial charge on any atom is -0.483 e. The molecule has 28 heavy (non-hydrogen) atoms. The van der Waals surface area contributed by atoms with E-state index in [9.17, 15) is 9.59 Å². The maximum Gasteiger partial charge on any atom is 0.290 e. The smallest absolute Gasteiger partial charge is 0.290 e. The molecule has 0 aliphatic carbocycles. The van der Waals surface area contributed by atoms with Crippen molar-refractivity contribution in [2.75, 3.05) is 18.0 Å². The lowest BCUT2D eigenvalue weighted by Crippen LogP contribution is -2.33. The Balaban J connectivity index is 0.000000878. The molecule has 0 bridgehead atoms. The summed E-state index contributed by atoms with van der Waals surface area (Å²) in [5.74, 6) is 1.10. The molecule has 1 aliphatic rings. The highest BCUT2D eigenvalue weighted by Crippen LogP contribution is 2.27. The van der Waals surface area contributed by atoms with Gasteiger partial charge in [-0.1, -0.05) is 11.3 Å². The second-order valence-electron chi connectivity index (χ2n) is 6.19. The largest absolute Gasteiger partial charge is 0.483 e. The van der Waals surface area contributed by atoms with Gasteiger partial charge in [-0.2, -0.15) is 5.10 Å². The third-order valence-electron chi connectivity index (χ3n) is 4.05. The average Bonchev–Trinajstić information content (AvgIpc) is 3.31. The number of aryl methyl sites for hydroxylation is 4. The molecule has 0 aromatic carbocycles. The molecule has 2 aromatic rings. The molecule has 2 amide bonds. The lowest BCUT2D eigenvalue weighted by molar-refractivity contribution is -0.126. The van der Waals surface area contributed by atoms with Crippen molar-refractivity contribution in [3.63, 3.8) is 0 Å². The highest BCUT2D eigenvalue weighted by molar-refractivity contribution is 7.15. The van der Waals surface area contributed by atoms with E-state index >= 15 is 0 Å². The van der Waals surface area contributed by atoms with Crippen LogP contribution >= 0.6 is 11.3 Å². The van der Waals surface area contributed by atoms with Gasteiger partial charge in [-0.3, -0.25) is 24.0 Å². The van der Waals surface area contributed by atoms with E-state index in [0.29, 0.717) is 24.8 Å². The van der Waals surface area contributed by atoms with Crippen LogP contribution in [-0.4, -0.2) is 61.4 Å². The molecule has 12 heteroatoms. The Morgan fingerprint density at radius 2 is 2.07 bits per heavy atom. The first kappa shape index (κ1) is 21.4. The molecule has 152 valence electrons. The zero-order chi connectivity index (χ0) is 20.7. The minimum absolute atomic E-state index is 0.0787. The van der Waals surface area contributed by atoms with E-state index in [1.165, 1.54) is 11.3 Å². The van der Waals surface area contributed by atoms with Gasteiger partial charge < -0.3 is 10.4 Å². The number of amides is 2. The predicted molar refractivity (Wildman–Crippen MR) is 101 cm³/mol. The van der Waals surface area contributed by atoms with E-state index in [-0.39, 0.29) is 30.6 Å². The minimum atomic E-state index is -0.341. The lowest BCUT2D eigenvalue weighted by atomic mass is 10.1. The second kappa shape index (κ2) is 9.88. The monoisotopic (exact) mass is 409 g/mol. The number of hydrogen-bond acceptors (Lipinski definition) is 8. The summed E-state index contributed by atoms with van der Waals surface area (Å²) >= 11 is 1.36. The van der Waals surface area contributed by atoms with Crippen molar-refractivity contribution in [2.24, 2.45) is 5.92 Å². The molecule has 2 N–H and O–H groups in total. The first-order valence-corrected chi connectivity index (χ1v) is 9.51. The molecule has 0 saturated carbocycles. The van der Waals surface area contributed by atoms with E-state index in [2.05, 4.69) is 25.6 Å². The Kier molecular flexibility index (Phi) is 7.55. The maximum absolute atomic E-state index is 12.3. The third kappa shape index (κ3) is 5.55. The Hall–Kier alpha value is -2.89. The van der Waals surface area contributed by atoms with Crippen LogP contribution in [0.25, 0.3) is 0 Å². The number of rotatable bonds is 6. The van der Waals surface area contributed by atoms with Crippen LogP contribution in [0.15, 0.2) is 0 Å². The third-order valence-corrected chi connectivity index (χ3v) is 4.91. The van der Waals surface area contributed by atoms with Gasteiger partial charge in [0.05, 0.1) is 5.92 Å². The van der Waals surface area contributed by atoms with Crippen LogP contribution in [0.3, 0.4) is 0 Å². The fourth-order valence-corrected chi connectivity index (χ4v) is 3.54. The summed E-state index contributed by atoms with van der Waals surface area (Å²) in [7, 11) is 0. The van der Waals surface area contributed by atoms with Crippen LogP contribution in [0.4, 0.5) is 5.13 Å². The Morgan fingerprint density at radius 1 is 1.36 bits per heavy atom. The van der Waals surface area contributed by atoms with Gasteiger partial charge in [0.2, 0.25) is 16.9 Å². The van der Waals surface area contributed by atoms with Crippen LogP contribution in [0, 0.1) is 26.7 Å². The van der Waals surface area contributed by atoms with Gasteiger partial charge in [0.1, 0.15) is 16.7 Å². The van der Waals surface area contributed by atoms with Crippen LogP contribution in [0.2, 0.25) is 0 Å². The highest BCUT2D eigenvalue weighted by Gasteiger charge is 2.36. The van der Waals surface area contributed by atoms with Gasteiger partial charge in [0.25, 0.3) is 6.47 Å².